The first-order valence-electron chi connectivity index (χ1n) is 3.31. The summed E-state index contributed by atoms with van der Waals surface area (Å²) in [6, 6.07) is 0. The van der Waals surface area contributed by atoms with Gasteiger partial charge in [-0.05, 0) is 4.53 Å². The van der Waals surface area contributed by atoms with Gasteiger partial charge in [0.2, 0.25) is 5.60 Å². The van der Waals surface area contributed by atoms with E-state index in [9.17, 15) is 18.9 Å². The summed E-state index contributed by atoms with van der Waals surface area (Å²) in [4.78, 5) is 33.7. The molecule has 0 bridgehead atoms. The summed E-state index contributed by atoms with van der Waals surface area (Å²) in [5, 5.41) is 24.9. The first kappa shape index (κ1) is 21.9. The SMILES string of the molecule is O=C(O)CC(CC(=O)O)(OF)C(=O)O.[KH].[MgH2]. The van der Waals surface area contributed by atoms with Crippen molar-refractivity contribution in [1.29, 1.82) is 0 Å². The number of carbonyl (C=O) groups is 3. The Morgan fingerprint density at radius 1 is 1.06 bits per heavy atom. The Balaban J connectivity index is -0.000000845. The van der Waals surface area contributed by atoms with E-state index in [1.54, 1.807) is 0 Å². The predicted octanol–water partition coefficient (Wildman–Crippen LogP) is -1.90. The molecule has 0 aliphatic heterocycles. The number of rotatable bonds is 6. The van der Waals surface area contributed by atoms with Gasteiger partial charge in [-0.15, -0.1) is 0 Å². The van der Waals surface area contributed by atoms with Gasteiger partial charge in [-0.2, -0.15) is 4.94 Å². The summed E-state index contributed by atoms with van der Waals surface area (Å²) in [5.74, 6) is -5.33. The van der Waals surface area contributed by atoms with Gasteiger partial charge < -0.3 is 15.3 Å². The van der Waals surface area contributed by atoms with E-state index in [1.165, 1.54) is 0 Å². The molecule has 0 aliphatic rings. The predicted molar refractivity (Wildman–Crippen MR) is 52.8 cm³/mol. The molecular formula is C6H10FKMgO7. The second-order valence-electron chi connectivity index (χ2n) is 2.52. The van der Waals surface area contributed by atoms with Crippen LogP contribution >= 0.6 is 0 Å². The van der Waals surface area contributed by atoms with Crippen molar-refractivity contribution in [1.82, 2.24) is 0 Å². The van der Waals surface area contributed by atoms with E-state index in [0.29, 0.717) is 0 Å². The van der Waals surface area contributed by atoms with Crippen LogP contribution in [0.5, 0.6) is 0 Å². The Morgan fingerprint density at radius 3 is 1.50 bits per heavy atom. The Labute approximate surface area is 148 Å². The van der Waals surface area contributed by atoms with Crippen LogP contribution in [0.1, 0.15) is 12.8 Å². The molecule has 7 nitrogen and oxygen atoms in total. The van der Waals surface area contributed by atoms with Crippen LogP contribution in [0.15, 0.2) is 0 Å². The molecule has 0 amide bonds. The molecule has 0 heterocycles. The average Bonchev–Trinajstić information content (AvgIpc) is 2.00. The second kappa shape index (κ2) is 9.70. The van der Waals surface area contributed by atoms with Gasteiger partial charge in [0.1, 0.15) is 0 Å². The maximum Gasteiger partial charge on any atom is 0.316 e. The van der Waals surface area contributed by atoms with Crippen LogP contribution in [-0.4, -0.2) is 113 Å². The third-order valence-corrected chi connectivity index (χ3v) is 1.41. The molecule has 0 aliphatic carbocycles. The number of carboxylic acids is 3. The zero-order valence-corrected chi connectivity index (χ0v) is 6.77. The average molecular weight is 277 g/mol. The molecule has 3 N–H and O–H groups in total. The van der Waals surface area contributed by atoms with Gasteiger partial charge in [0.05, 0.1) is 12.8 Å². The first-order chi connectivity index (χ1) is 6.34. The van der Waals surface area contributed by atoms with Crippen molar-refractivity contribution in [2.24, 2.45) is 0 Å². The third-order valence-electron chi connectivity index (χ3n) is 1.41. The van der Waals surface area contributed by atoms with Crippen LogP contribution in [0.2, 0.25) is 0 Å². The quantitative estimate of drug-likeness (QED) is 0.484. The van der Waals surface area contributed by atoms with Crippen molar-refractivity contribution >= 4 is 92.3 Å². The zero-order chi connectivity index (χ0) is 11.4. The zero-order valence-electron chi connectivity index (χ0n) is 6.77. The summed E-state index contributed by atoms with van der Waals surface area (Å²) in [6.45, 7) is 0. The number of halogens is 1. The molecule has 0 saturated heterocycles. The Kier molecular flexibility index (Phi) is 13.3. The smallest absolute Gasteiger partial charge is 0.316 e. The van der Waals surface area contributed by atoms with Gasteiger partial charge in [-0.3, -0.25) is 9.59 Å². The molecule has 86 valence electrons. The fourth-order valence-corrected chi connectivity index (χ4v) is 0.790. The standard InChI is InChI=1S/C6H7FO7.K.Mg.3H/c7-14-6(5(12)13,1-3(8)9)2-4(10)11;;;;;/h1-2H2,(H,8,9)(H,10,11)(H,12,13);;;;;. The minimum atomic E-state index is -2.86. The van der Waals surface area contributed by atoms with Crippen molar-refractivity contribution in [2.45, 2.75) is 18.4 Å². The minimum absolute atomic E-state index is 0. The molecule has 0 aromatic carbocycles. The van der Waals surface area contributed by atoms with E-state index in [-0.39, 0.29) is 74.4 Å². The Hall–Kier alpha value is 0.703. The monoisotopic (exact) mass is 276 g/mol. The Morgan fingerprint density at radius 2 is 1.38 bits per heavy atom. The van der Waals surface area contributed by atoms with Crippen molar-refractivity contribution in [3.63, 3.8) is 0 Å². The molecule has 0 atom stereocenters. The molecule has 10 heteroatoms. The summed E-state index contributed by atoms with van der Waals surface area (Å²) >= 11 is 0. The van der Waals surface area contributed by atoms with Crippen molar-refractivity contribution < 1.29 is 39.2 Å². The number of hydrogen-bond donors (Lipinski definition) is 3. The molecule has 0 spiro atoms. The number of aliphatic carboxylic acids is 3. The van der Waals surface area contributed by atoms with Crippen molar-refractivity contribution in [2.75, 3.05) is 0 Å². The minimum Gasteiger partial charge on any atom is 0.316 e. The maximum atomic E-state index is 11.9. The Bertz CT molecular complexity index is 256. The first-order valence-corrected chi connectivity index (χ1v) is 3.31. The van der Waals surface area contributed by atoms with Gasteiger partial charge >= 0.3 is 92.3 Å². The molecule has 0 saturated carbocycles. The maximum absolute atomic E-state index is 11.9. The number of hydrogen-bond acceptors (Lipinski definition) is 4. The van der Waals surface area contributed by atoms with Crippen LogP contribution in [0.3, 0.4) is 0 Å². The molecule has 0 aromatic rings. The molecule has 0 aromatic heterocycles. The second-order valence-corrected chi connectivity index (χ2v) is 2.52. The molecule has 0 fully saturated rings. The summed E-state index contributed by atoms with van der Waals surface area (Å²) in [6.07, 6.45) is -2.55. The molecule has 0 radical (unpaired) electrons. The fourth-order valence-electron chi connectivity index (χ4n) is 0.790. The van der Waals surface area contributed by atoms with E-state index in [1.807, 2.05) is 0 Å². The third kappa shape index (κ3) is 7.11. The van der Waals surface area contributed by atoms with Crippen LogP contribution in [0, 0.1) is 0 Å². The van der Waals surface area contributed by atoms with E-state index in [4.69, 9.17) is 15.3 Å². The van der Waals surface area contributed by atoms with Gasteiger partial charge in [0, 0.05) is 0 Å². The number of carboxylic acid groups (broad SMARTS) is 3. The van der Waals surface area contributed by atoms with Gasteiger partial charge in [-0.25, -0.2) is 4.79 Å². The van der Waals surface area contributed by atoms with Gasteiger partial charge in [-0.1, -0.05) is 0 Å². The largest absolute Gasteiger partial charge is 0.316 e. The van der Waals surface area contributed by atoms with Crippen LogP contribution in [0.25, 0.3) is 0 Å². The molecule has 0 unspecified atom stereocenters. The van der Waals surface area contributed by atoms with E-state index in [2.05, 4.69) is 4.94 Å². The normalized spacial score (nSPS) is 9.56. The van der Waals surface area contributed by atoms with Gasteiger partial charge in [0.15, 0.2) is 0 Å². The summed E-state index contributed by atoms with van der Waals surface area (Å²) < 4.78 is 11.9. The molecule has 0 rings (SSSR count). The fraction of sp³-hybridized carbons (Fsp3) is 0.500. The summed E-state index contributed by atoms with van der Waals surface area (Å²) in [5.41, 5.74) is -2.86. The van der Waals surface area contributed by atoms with Gasteiger partial charge in [0.25, 0.3) is 0 Å². The van der Waals surface area contributed by atoms with Crippen molar-refractivity contribution in [3.05, 3.63) is 0 Å². The van der Waals surface area contributed by atoms with E-state index >= 15 is 0 Å². The van der Waals surface area contributed by atoms with Crippen molar-refractivity contribution in [3.8, 4) is 0 Å². The van der Waals surface area contributed by atoms with Crippen LogP contribution < -0.4 is 0 Å². The summed E-state index contributed by atoms with van der Waals surface area (Å²) in [7, 11) is 0. The molecule has 16 heavy (non-hydrogen) atoms. The molecular weight excluding hydrogens is 266 g/mol. The van der Waals surface area contributed by atoms with Crippen LogP contribution in [0.4, 0.5) is 4.53 Å². The van der Waals surface area contributed by atoms with E-state index < -0.39 is 36.4 Å². The van der Waals surface area contributed by atoms with E-state index in [0.717, 1.165) is 0 Å². The topological polar surface area (TPSA) is 121 Å². The van der Waals surface area contributed by atoms with Crippen LogP contribution in [-0.2, 0) is 19.3 Å².